The molecule has 0 N–H and O–H groups in total. The maximum atomic E-state index is 13.9. The Kier molecular flexibility index (Phi) is 6.32. The molecule has 7 nitrogen and oxygen atoms in total. The number of ketones is 1. The number of benzene rings is 5. The largest absolute Gasteiger partial charge is 0.481 e. The van der Waals surface area contributed by atoms with Crippen LogP contribution in [0.25, 0.3) is 27.3 Å². The van der Waals surface area contributed by atoms with E-state index in [1.54, 1.807) is 36.4 Å². The minimum Gasteiger partial charge on any atom is -0.481 e. The van der Waals surface area contributed by atoms with E-state index < -0.39 is 28.4 Å². The van der Waals surface area contributed by atoms with Gasteiger partial charge in [0.05, 0.1) is 4.90 Å². The maximum absolute atomic E-state index is 13.9. The molecule has 40 heavy (non-hydrogen) atoms. The van der Waals surface area contributed by atoms with Crippen LogP contribution in [0.5, 0.6) is 5.75 Å². The molecule has 1 aliphatic rings. The summed E-state index contributed by atoms with van der Waals surface area (Å²) in [6, 6.07) is 31.9. The summed E-state index contributed by atoms with van der Waals surface area (Å²) in [6.45, 7) is -0.451. The Morgan fingerprint density at radius 2 is 1.43 bits per heavy atom. The summed E-state index contributed by atoms with van der Waals surface area (Å²) in [5.74, 6) is -1.02. The number of sulfonamides is 1. The molecular weight excluding hydrogens is 526 g/mol. The van der Waals surface area contributed by atoms with Crippen LogP contribution in [0.2, 0.25) is 0 Å². The lowest BCUT2D eigenvalue weighted by atomic mass is 10.0. The fourth-order valence-electron chi connectivity index (χ4n) is 4.84. The number of Topliss-reactive ketones (excluding diaryl/α,β-unsaturated/α-hetero) is 1. The summed E-state index contributed by atoms with van der Waals surface area (Å²) >= 11 is 0. The summed E-state index contributed by atoms with van der Waals surface area (Å²) in [6.07, 6.45) is 0. The van der Waals surface area contributed by atoms with E-state index in [-0.39, 0.29) is 27.5 Å². The molecule has 0 unspecified atom stereocenters. The van der Waals surface area contributed by atoms with Crippen LogP contribution in [-0.2, 0) is 19.6 Å². The molecule has 1 aliphatic heterocycles. The van der Waals surface area contributed by atoms with Crippen molar-refractivity contribution >= 4 is 49.1 Å². The number of ether oxygens (including phenoxy) is 2. The lowest BCUT2D eigenvalue weighted by molar-refractivity contribution is -0.139. The maximum Gasteiger partial charge on any atom is 0.349 e. The molecular formula is C32H23NO6S. The van der Waals surface area contributed by atoms with Crippen molar-refractivity contribution in [3.63, 3.8) is 0 Å². The van der Waals surface area contributed by atoms with Gasteiger partial charge in [0.15, 0.2) is 12.4 Å². The van der Waals surface area contributed by atoms with Gasteiger partial charge in [0, 0.05) is 23.6 Å². The SMILES string of the molecule is CN1C(C(=O)c2ccc3ccccc3c2)=C(OC(=O)COc2cccc3ccccc23)c2ccccc2S1(=O)=O. The highest BCUT2D eigenvalue weighted by atomic mass is 32.2. The zero-order valence-corrected chi connectivity index (χ0v) is 22.2. The number of carbonyl (C=O) groups is 2. The lowest BCUT2D eigenvalue weighted by Gasteiger charge is -2.30. The Labute approximate surface area is 230 Å². The number of fused-ring (bicyclic) bond motifs is 3. The zero-order valence-electron chi connectivity index (χ0n) is 21.4. The fraction of sp³-hybridized carbons (Fsp3) is 0.0625. The van der Waals surface area contributed by atoms with Gasteiger partial charge in [-0.3, -0.25) is 9.10 Å². The van der Waals surface area contributed by atoms with Gasteiger partial charge in [0.1, 0.15) is 11.4 Å². The Bertz CT molecular complexity index is 1960. The summed E-state index contributed by atoms with van der Waals surface area (Å²) in [5, 5.41) is 3.53. The normalized spacial score (nSPS) is 14.2. The van der Waals surface area contributed by atoms with E-state index in [2.05, 4.69) is 0 Å². The number of carbonyl (C=O) groups excluding carboxylic acids is 2. The molecule has 0 radical (unpaired) electrons. The second kappa shape index (κ2) is 9.98. The summed E-state index contributed by atoms with van der Waals surface area (Å²) < 4.78 is 39.2. The first-order valence-electron chi connectivity index (χ1n) is 12.5. The third-order valence-electron chi connectivity index (χ3n) is 6.84. The van der Waals surface area contributed by atoms with Gasteiger partial charge in [-0.15, -0.1) is 0 Å². The smallest absolute Gasteiger partial charge is 0.349 e. The van der Waals surface area contributed by atoms with Gasteiger partial charge in [0.25, 0.3) is 10.0 Å². The van der Waals surface area contributed by atoms with Crippen molar-refractivity contribution < 1.29 is 27.5 Å². The van der Waals surface area contributed by atoms with E-state index in [1.807, 2.05) is 60.7 Å². The Balaban J connectivity index is 1.39. The molecule has 5 aromatic carbocycles. The molecule has 0 fully saturated rings. The molecule has 6 rings (SSSR count). The molecule has 1 heterocycles. The summed E-state index contributed by atoms with van der Waals surface area (Å²) in [4.78, 5) is 26.9. The topological polar surface area (TPSA) is 90.0 Å². The average molecular weight is 550 g/mol. The second-order valence-corrected chi connectivity index (χ2v) is 11.2. The molecule has 0 aromatic heterocycles. The van der Waals surface area contributed by atoms with E-state index in [4.69, 9.17) is 9.47 Å². The molecule has 0 atom stereocenters. The van der Waals surface area contributed by atoms with Gasteiger partial charge in [-0.2, -0.15) is 0 Å². The minimum absolute atomic E-state index is 0.0645. The monoisotopic (exact) mass is 549 g/mol. The van der Waals surface area contributed by atoms with Gasteiger partial charge in [-0.1, -0.05) is 84.9 Å². The van der Waals surface area contributed by atoms with E-state index in [0.29, 0.717) is 5.75 Å². The second-order valence-electron chi connectivity index (χ2n) is 9.28. The van der Waals surface area contributed by atoms with Crippen LogP contribution in [0.1, 0.15) is 15.9 Å². The summed E-state index contributed by atoms with van der Waals surface area (Å²) in [5.41, 5.74) is 0.131. The number of esters is 1. The molecule has 0 spiro atoms. The van der Waals surface area contributed by atoms with Crippen LogP contribution >= 0.6 is 0 Å². The number of rotatable bonds is 6. The van der Waals surface area contributed by atoms with Crippen molar-refractivity contribution in [1.82, 2.24) is 4.31 Å². The molecule has 8 heteroatoms. The highest BCUT2D eigenvalue weighted by molar-refractivity contribution is 7.89. The van der Waals surface area contributed by atoms with Gasteiger partial charge in [-0.25, -0.2) is 13.2 Å². The Hall–Kier alpha value is -4.95. The van der Waals surface area contributed by atoms with Crippen molar-refractivity contribution in [2.75, 3.05) is 13.7 Å². The summed E-state index contributed by atoms with van der Waals surface area (Å²) in [7, 11) is -2.80. The predicted octanol–water partition coefficient (Wildman–Crippen LogP) is 5.80. The average Bonchev–Trinajstić information content (AvgIpc) is 2.98. The van der Waals surface area contributed by atoms with Crippen molar-refractivity contribution in [3.8, 4) is 5.75 Å². The van der Waals surface area contributed by atoms with Crippen LogP contribution in [0.4, 0.5) is 0 Å². The quantitative estimate of drug-likeness (QED) is 0.196. The van der Waals surface area contributed by atoms with Crippen LogP contribution in [-0.4, -0.2) is 38.1 Å². The van der Waals surface area contributed by atoms with Crippen molar-refractivity contribution in [3.05, 3.63) is 126 Å². The van der Waals surface area contributed by atoms with Crippen LogP contribution < -0.4 is 4.74 Å². The number of allylic oxidation sites excluding steroid dienone is 1. The first-order chi connectivity index (χ1) is 19.3. The van der Waals surface area contributed by atoms with E-state index in [9.17, 15) is 18.0 Å². The van der Waals surface area contributed by atoms with Crippen LogP contribution in [0.15, 0.2) is 120 Å². The van der Waals surface area contributed by atoms with E-state index in [0.717, 1.165) is 25.9 Å². The molecule has 0 saturated heterocycles. The van der Waals surface area contributed by atoms with Crippen LogP contribution in [0.3, 0.4) is 0 Å². The standard InChI is InChI=1S/C32H23NO6S/c1-33-30(31(35)24-18-17-21-9-2-3-11-23(21)19-24)32(26-14-6-7-16-28(26)40(33,36)37)39-29(34)20-38-27-15-8-12-22-10-4-5-13-25(22)27/h2-19H,20H2,1H3. The van der Waals surface area contributed by atoms with Gasteiger partial charge < -0.3 is 9.47 Å². The van der Waals surface area contributed by atoms with Crippen molar-refractivity contribution in [2.45, 2.75) is 4.90 Å². The van der Waals surface area contributed by atoms with Gasteiger partial charge in [-0.05, 0) is 40.4 Å². The minimum atomic E-state index is -4.08. The molecule has 0 aliphatic carbocycles. The van der Waals surface area contributed by atoms with Crippen LogP contribution in [0, 0.1) is 0 Å². The predicted molar refractivity (Wildman–Crippen MR) is 152 cm³/mol. The Morgan fingerprint density at radius 3 is 2.25 bits per heavy atom. The molecule has 0 saturated carbocycles. The molecule has 0 bridgehead atoms. The number of hydrogen-bond donors (Lipinski definition) is 0. The highest BCUT2D eigenvalue weighted by Crippen LogP contribution is 2.38. The van der Waals surface area contributed by atoms with Gasteiger partial charge >= 0.3 is 5.97 Å². The zero-order chi connectivity index (χ0) is 27.9. The number of nitrogens with zero attached hydrogens (tertiary/aromatic N) is 1. The Morgan fingerprint density at radius 1 is 0.750 bits per heavy atom. The van der Waals surface area contributed by atoms with E-state index >= 15 is 0 Å². The third kappa shape index (κ3) is 4.38. The first-order valence-corrected chi connectivity index (χ1v) is 14.0. The molecule has 198 valence electrons. The van der Waals surface area contributed by atoms with Crippen molar-refractivity contribution in [1.29, 1.82) is 0 Å². The van der Waals surface area contributed by atoms with Gasteiger partial charge in [0.2, 0.25) is 5.78 Å². The molecule has 0 amide bonds. The fourth-order valence-corrected chi connectivity index (χ4v) is 6.23. The lowest BCUT2D eigenvalue weighted by Crippen LogP contribution is -2.36. The number of likely N-dealkylation sites (N-methyl/N-ethyl adjacent to an activating group) is 1. The van der Waals surface area contributed by atoms with Crippen molar-refractivity contribution in [2.24, 2.45) is 0 Å². The van der Waals surface area contributed by atoms with E-state index in [1.165, 1.54) is 19.2 Å². The molecule has 5 aromatic rings. The first kappa shape index (κ1) is 25.3. The highest BCUT2D eigenvalue weighted by Gasteiger charge is 2.39. The third-order valence-corrected chi connectivity index (χ3v) is 8.65. The number of hydrogen-bond acceptors (Lipinski definition) is 6.